The second-order valence-corrected chi connectivity index (χ2v) is 5.89. The van der Waals surface area contributed by atoms with Gasteiger partial charge in [0.15, 0.2) is 0 Å². The summed E-state index contributed by atoms with van der Waals surface area (Å²) in [5, 5.41) is 10.1. The quantitative estimate of drug-likeness (QED) is 0.904. The van der Waals surface area contributed by atoms with Gasteiger partial charge in [0.2, 0.25) is 0 Å². The van der Waals surface area contributed by atoms with Crippen LogP contribution in [-0.4, -0.2) is 50.6 Å². The monoisotopic (exact) mass is 296 g/mol. The number of hydrogen-bond donors (Lipinski definition) is 1. The highest BCUT2D eigenvalue weighted by Crippen LogP contribution is 2.32. The third kappa shape index (κ3) is 4.32. The summed E-state index contributed by atoms with van der Waals surface area (Å²) in [6.07, 6.45) is 0.497. The molecule has 0 fully saturated rings. The summed E-state index contributed by atoms with van der Waals surface area (Å²) in [4.78, 5) is 4.18. The zero-order valence-electron chi connectivity index (χ0n) is 13.1. The molecule has 0 radical (unpaired) electrons. The largest absolute Gasteiger partial charge is 0.389 e. The first-order valence-electron chi connectivity index (χ1n) is 7.52. The smallest absolute Gasteiger partial charge is 0.125 e. The molecule has 21 heavy (non-hydrogen) atoms. The Morgan fingerprint density at radius 1 is 1.29 bits per heavy atom. The number of rotatable bonds is 5. The van der Waals surface area contributed by atoms with Gasteiger partial charge in [0.25, 0.3) is 0 Å². The molecular weight excluding hydrogens is 271 g/mol. The van der Waals surface area contributed by atoms with E-state index in [-0.39, 0.29) is 11.9 Å². The molecule has 1 unspecified atom stereocenters. The standard InChI is InChI=1S/C16H25FN2O2/c1-12(2)21-11-14(20)10-19-8-4-7-18(3)15-6-5-13(17)9-16(15)19/h5-6,9,12,14,20H,4,7-8,10-11H2,1-3H3. The highest BCUT2D eigenvalue weighted by atomic mass is 19.1. The molecule has 4 nitrogen and oxygen atoms in total. The summed E-state index contributed by atoms with van der Waals surface area (Å²) in [6, 6.07) is 4.84. The van der Waals surface area contributed by atoms with Gasteiger partial charge in [-0.15, -0.1) is 0 Å². The lowest BCUT2D eigenvalue weighted by molar-refractivity contribution is 0.00892. The van der Waals surface area contributed by atoms with Crippen LogP contribution in [0.1, 0.15) is 20.3 Å². The Morgan fingerprint density at radius 2 is 2.05 bits per heavy atom. The Morgan fingerprint density at radius 3 is 2.76 bits per heavy atom. The number of fused-ring (bicyclic) bond motifs is 1. The SMILES string of the molecule is CC(C)OCC(O)CN1CCCN(C)c2ccc(F)cc21. The third-order valence-corrected chi connectivity index (χ3v) is 3.66. The van der Waals surface area contributed by atoms with Crippen LogP contribution in [0.2, 0.25) is 0 Å². The topological polar surface area (TPSA) is 35.9 Å². The Balaban J connectivity index is 2.12. The average Bonchev–Trinajstić information content (AvgIpc) is 2.57. The maximum Gasteiger partial charge on any atom is 0.125 e. The van der Waals surface area contributed by atoms with Crippen molar-refractivity contribution in [2.45, 2.75) is 32.5 Å². The Kier molecular flexibility index (Phi) is 5.42. The van der Waals surface area contributed by atoms with E-state index in [1.54, 1.807) is 12.1 Å². The van der Waals surface area contributed by atoms with Crippen LogP contribution < -0.4 is 9.80 Å². The van der Waals surface area contributed by atoms with Crippen LogP contribution in [0.4, 0.5) is 15.8 Å². The molecule has 1 atom stereocenters. The maximum absolute atomic E-state index is 13.6. The molecule has 1 N–H and O–H groups in total. The molecule has 0 aromatic heterocycles. The van der Waals surface area contributed by atoms with E-state index in [0.717, 1.165) is 30.9 Å². The van der Waals surface area contributed by atoms with E-state index < -0.39 is 6.10 Å². The maximum atomic E-state index is 13.6. The predicted octanol–water partition coefficient (Wildman–Crippen LogP) is 2.26. The Hall–Kier alpha value is -1.33. The van der Waals surface area contributed by atoms with E-state index in [0.29, 0.717) is 13.2 Å². The summed E-state index contributed by atoms with van der Waals surface area (Å²) >= 11 is 0. The minimum atomic E-state index is -0.577. The molecule has 0 saturated heterocycles. The van der Waals surface area contributed by atoms with Crippen LogP contribution in [0, 0.1) is 5.82 Å². The van der Waals surface area contributed by atoms with Gasteiger partial charge in [0.05, 0.1) is 30.2 Å². The molecule has 0 aliphatic carbocycles. The molecule has 0 saturated carbocycles. The summed E-state index contributed by atoms with van der Waals surface area (Å²) in [7, 11) is 2.01. The minimum Gasteiger partial charge on any atom is -0.389 e. The molecule has 1 aromatic rings. The zero-order valence-corrected chi connectivity index (χ0v) is 13.1. The summed E-state index contributed by atoms with van der Waals surface area (Å²) in [5.41, 5.74) is 1.85. The van der Waals surface area contributed by atoms with Crippen molar-refractivity contribution < 1.29 is 14.2 Å². The number of anilines is 2. The minimum absolute atomic E-state index is 0.0969. The van der Waals surface area contributed by atoms with Crippen LogP contribution in [0.15, 0.2) is 18.2 Å². The van der Waals surface area contributed by atoms with Crippen molar-refractivity contribution in [3.8, 4) is 0 Å². The fourth-order valence-electron chi connectivity index (χ4n) is 2.61. The summed E-state index contributed by atoms with van der Waals surface area (Å²) < 4.78 is 19.0. The van der Waals surface area contributed by atoms with Crippen molar-refractivity contribution >= 4 is 11.4 Å². The number of aliphatic hydroxyl groups is 1. The van der Waals surface area contributed by atoms with E-state index in [2.05, 4.69) is 9.80 Å². The third-order valence-electron chi connectivity index (χ3n) is 3.66. The van der Waals surface area contributed by atoms with Gasteiger partial charge < -0.3 is 19.6 Å². The fraction of sp³-hybridized carbons (Fsp3) is 0.625. The Labute approximate surface area is 126 Å². The molecule has 0 spiro atoms. The van der Waals surface area contributed by atoms with Crippen LogP contribution in [0.5, 0.6) is 0 Å². The van der Waals surface area contributed by atoms with Crippen LogP contribution in [0.3, 0.4) is 0 Å². The lowest BCUT2D eigenvalue weighted by Gasteiger charge is -2.28. The molecule has 1 aromatic carbocycles. The predicted molar refractivity (Wildman–Crippen MR) is 83.6 cm³/mol. The number of nitrogens with zero attached hydrogens (tertiary/aromatic N) is 2. The van der Waals surface area contributed by atoms with E-state index in [4.69, 9.17) is 4.74 Å². The van der Waals surface area contributed by atoms with Crippen LogP contribution >= 0.6 is 0 Å². The lowest BCUT2D eigenvalue weighted by atomic mass is 10.2. The van der Waals surface area contributed by atoms with E-state index in [9.17, 15) is 9.50 Å². The number of benzene rings is 1. The van der Waals surface area contributed by atoms with E-state index >= 15 is 0 Å². The molecule has 1 aliphatic heterocycles. The van der Waals surface area contributed by atoms with Gasteiger partial charge in [-0.25, -0.2) is 4.39 Å². The molecular formula is C16H25FN2O2. The second-order valence-electron chi connectivity index (χ2n) is 5.89. The number of halogens is 1. The lowest BCUT2D eigenvalue weighted by Crippen LogP contribution is -2.36. The molecule has 1 aliphatic rings. The van der Waals surface area contributed by atoms with Gasteiger partial charge in [-0.1, -0.05) is 0 Å². The van der Waals surface area contributed by atoms with Crippen molar-refractivity contribution in [3.63, 3.8) is 0 Å². The van der Waals surface area contributed by atoms with Crippen molar-refractivity contribution in [1.82, 2.24) is 0 Å². The van der Waals surface area contributed by atoms with E-state index in [1.165, 1.54) is 6.07 Å². The van der Waals surface area contributed by atoms with Crippen molar-refractivity contribution in [2.24, 2.45) is 0 Å². The number of aliphatic hydroxyl groups excluding tert-OH is 1. The number of β-amino-alcohol motifs (C(OH)–C–C–N with tert-alkyl or cyclic N) is 1. The summed E-state index contributed by atoms with van der Waals surface area (Å²) in [6.45, 7) is 6.37. The summed E-state index contributed by atoms with van der Waals surface area (Å²) in [5.74, 6) is -0.248. The molecule has 0 amide bonds. The number of ether oxygens (including phenoxy) is 1. The highest BCUT2D eigenvalue weighted by Gasteiger charge is 2.21. The fourth-order valence-corrected chi connectivity index (χ4v) is 2.61. The first-order valence-corrected chi connectivity index (χ1v) is 7.52. The van der Waals surface area contributed by atoms with Crippen molar-refractivity contribution in [3.05, 3.63) is 24.0 Å². The molecule has 2 rings (SSSR count). The van der Waals surface area contributed by atoms with Gasteiger partial charge in [-0.2, -0.15) is 0 Å². The highest BCUT2D eigenvalue weighted by molar-refractivity contribution is 5.72. The Bertz CT molecular complexity index is 468. The second kappa shape index (κ2) is 7.09. The molecule has 1 heterocycles. The first-order chi connectivity index (χ1) is 9.97. The van der Waals surface area contributed by atoms with E-state index in [1.807, 2.05) is 20.9 Å². The van der Waals surface area contributed by atoms with Crippen molar-refractivity contribution in [1.29, 1.82) is 0 Å². The number of hydrogen-bond acceptors (Lipinski definition) is 4. The van der Waals surface area contributed by atoms with Gasteiger partial charge in [-0.05, 0) is 38.5 Å². The van der Waals surface area contributed by atoms with Crippen LogP contribution in [0.25, 0.3) is 0 Å². The molecule has 5 heteroatoms. The normalized spacial score (nSPS) is 16.9. The van der Waals surface area contributed by atoms with Gasteiger partial charge in [0.1, 0.15) is 5.82 Å². The molecule has 118 valence electrons. The van der Waals surface area contributed by atoms with Gasteiger partial charge in [-0.3, -0.25) is 0 Å². The van der Waals surface area contributed by atoms with Gasteiger partial charge in [0, 0.05) is 26.7 Å². The van der Waals surface area contributed by atoms with Gasteiger partial charge >= 0.3 is 0 Å². The average molecular weight is 296 g/mol. The zero-order chi connectivity index (χ0) is 15.4. The van der Waals surface area contributed by atoms with Crippen LogP contribution in [-0.2, 0) is 4.74 Å². The molecule has 0 bridgehead atoms. The van der Waals surface area contributed by atoms with Crippen molar-refractivity contribution in [2.75, 3.05) is 43.1 Å². The first kappa shape index (κ1) is 16.0.